The number of hydrogen-bond acceptors (Lipinski definition) is 1. The molecular formula is C18H27NOP2. The van der Waals surface area contributed by atoms with Gasteiger partial charge in [-0.15, -0.1) is 0 Å². The zero-order chi connectivity index (χ0) is 15.3. The zero-order valence-electron chi connectivity index (χ0n) is 14.0. The molecule has 0 heterocycles. The Bertz CT molecular complexity index is 633. The van der Waals surface area contributed by atoms with E-state index in [0.717, 1.165) is 12.3 Å². The molecule has 1 N–H and O–H groups in total. The molecule has 0 atom stereocenters. The second-order valence-corrected chi connectivity index (χ2v) is 14.5. The minimum absolute atomic E-state index is 0. The first-order chi connectivity index (χ1) is 9.86. The second-order valence-electron chi connectivity index (χ2n) is 6.62. The molecule has 0 aromatic heterocycles. The van der Waals surface area contributed by atoms with Crippen molar-refractivity contribution in [1.29, 1.82) is 0 Å². The molecule has 0 aliphatic heterocycles. The number of nitrogens with zero attached hydrogens (tertiary/aromatic N) is 1. The van der Waals surface area contributed by atoms with Crippen LogP contribution in [0.3, 0.4) is 0 Å². The Hall–Kier alpha value is -1.03. The second kappa shape index (κ2) is 8.00. The highest BCUT2D eigenvalue weighted by Crippen LogP contribution is 2.48. The average Bonchev–Trinajstić information content (AvgIpc) is 2.38. The lowest BCUT2D eigenvalue weighted by atomic mass is 10.2. The van der Waals surface area contributed by atoms with E-state index in [-0.39, 0.29) is 5.48 Å². The van der Waals surface area contributed by atoms with Gasteiger partial charge in [0.2, 0.25) is 14.1 Å². The number of hydrogen-bond donors (Lipinski definition) is 0. The third-order valence-electron chi connectivity index (χ3n) is 3.31. The van der Waals surface area contributed by atoms with E-state index in [0.29, 0.717) is 0 Å². The van der Waals surface area contributed by atoms with Crippen LogP contribution in [-0.4, -0.2) is 32.1 Å². The van der Waals surface area contributed by atoms with Crippen molar-refractivity contribution in [2.24, 2.45) is 0 Å². The van der Waals surface area contributed by atoms with Gasteiger partial charge in [-0.3, -0.25) is 0 Å². The molecule has 0 bridgehead atoms. The quantitative estimate of drug-likeness (QED) is 0.559. The van der Waals surface area contributed by atoms with Gasteiger partial charge in [-0.25, -0.2) is 0 Å². The molecule has 4 heteroatoms. The Morgan fingerprint density at radius 3 is 1.27 bits per heavy atom. The molecule has 0 spiro atoms. The molecule has 0 saturated carbocycles. The van der Waals surface area contributed by atoms with Gasteiger partial charge in [-0.2, -0.15) is 4.17 Å². The SMILES string of the molecule is CP(C)(Cc1ccccc1)=[N+]=P(C)(C)Cc1ccccc1.[OH-]. The van der Waals surface area contributed by atoms with Crippen molar-refractivity contribution in [2.75, 3.05) is 26.7 Å². The minimum atomic E-state index is -1.25. The summed E-state index contributed by atoms with van der Waals surface area (Å²) in [6.45, 7) is 9.47. The molecule has 120 valence electrons. The molecule has 0 unspecified atom stereocenters. The largest absolute Gasteiger partial charge is 0.870 e. The van der Waals surface area contributed by atoms with Crippen molar-refractivity contribution in [3.8, 4) is 0 Å². The highest BCUT2D eigenvalue weighted by Gasteiger charge is 2.22. The van der Waals surface area contributed by atoms with Gasteiger partial charge < -0.3 is 5.48 Å². The van der Waals surface area contributed by atoms with E-state index in [2.05, 4.69) is 87.3 Å². The molecule has 0 saturated heterocycles. The van der Waals surface area contributed by atoms with Crippen LogP contribution >= 0.6 is 14.1 Å². The molecule has 2 aromatic rings. The van der Waals surface area contributed by atoms with Crippen LogP contribution in [0.5, 0.6) is 0 Å². The van der Waals surface area contributed by atoms with Crippen LogP contribution < -0.4 is 4.17 Å². The van der Waals surface area contributed by atoms with E-state index in [1.807, 2.05) is 0 Å². The summed E-state index contributed by atoms with van der Waals surface area (Å²) in [5, 5.41) is 0. The van der Waals surface area contributed by atoms with E-state index in [1.165, 1.54) is 11.1 Å². The van der Waals surface area contributed by atoms with E-state index in [4.69, 9.17) is 4.17 Å². The molecule has 2 aromatic carbocycles. The van der Waals surface area contributed by atoms with Crippen LogP contribution in [0.25, 0.3) is 0 Å². The van der Waals surface area contributed by atoms with Crippen molar-refractivity contribution in [1.82, 2.24) is 4.17 Å². The summed E-state index contributed by atoms with van der Waals surface area (Å²) in [5.41, 5.74) is 2.83. The Labute approximate surface area is 135 Å². The molecule has 0 fully saturated rings. The Morgan fingerprint density at radius 2 is 0.955 bits per heavy atom. The Morgan fingerprint density at radius 1 is 0.636 bits per heavy atom. The summed E-state index contributed by atoms with van der Waals surface area (Å²) in [5.74, 6) is 0. The van der Waals surface area contributed by atoms with Crippen LogP contribution in [0, 0.1) is 0 Å². The predicted molar refractivity (Wildman–Crippen MR) is 102 cm³/mol. The van der Waals surface area contributed by atoms with Crippen molar-refractivity contribution in [2.45, 2.75) is 12.3 Å². The molecular weight excluding hydrogens is 308 g/mol. The van der Waals surface area contributed by atoms with Crippen molar-refractivity contribution >= 4 is 14.1 Å². The number of benzene rings is 2. The van der Waals surface area contributed by atoms with E-state index >= 15 is 0 Å². The summed E-state index contributed by atoms with van der Waals surface area (Å²) in [6, 6.07) is 21.6. The summed E-state index contributed by atoms with van der Waals surface area (Å²) in [7, 11) is -2.50. The van der Waals surface area contributed by atoms with Crippen LogP contribution in [0.2, 0.25) is 0 Å². The standard InChI is InChI=1S/C18H26NP2.H2O/c1-20(2,15-17-11-7-5-8-12-17)19-21(3,4)16-18-13-9-6-10-14-18;/h5-14H,15-16H2,1-4H3;1H2/q+1;/p-1. The summed E-state index contributed by atoms with van der Waals surface area (Å²) in [6.07, 6.45) is 2.23. The molecule has 22 heavy (non-hydrogen) atoms. The van der Waals surface area contributed by atoms with Gasteiger partial charge in [0.25, 0.3) is 0 Å². The monoisotopic (exact) mass is 335 g/mol. The molecule has 2 rings (SSSR count). The van der Waals surface area contributed by atoms with Gasteiger partial charge in [-0.05, 0) is 11.1 Å². The smallest absolute Gasteiger partial charge is 0.214 e. The first-order valence-corrected chi connectivity index (χ1v) is 13.0. The maximum absolute atomic E-state index is 5.35. The summed E-state index contributed by atoms with van der Waals surface area (Å²) < 4.78 is 5.35. The first kappa shape index (κ1) is 19.0. The van der Waals surface area contributed by atoms with E-state index in [1.54, 1.807) is 0 Å². The fourth-order valence-electron chi connectivity index (χ4n) is 2.78. The van der Waals surface area contributed by atoms with Crippen molar-refractivity contribution < 1.29 is 5.48 Å². The average molecular weight is 335 g/mol. The topological polar surface area (TPSA) is 44.1 Å². The fraction of sp³-hybridized carbons (Fsp3) is 0.333. The minimum Gasteiger partial charge on any atom is -0.870 e. The van der Waals surface area contributed by atoms with E-state index < -0.39 is 14.1 Å². The normalized spacial score (nSPS) is 11.5. The third kappa shape index (κ3) is 6.39. The van der Waals surface area contributed by atoms with Crippen LogP contribution in [0.15, 0.2) is 60.7 Å². The highest BCUT2D eigenvalue weighted by molar-refractivity contribution is 7.71. The fourth-order valence-corrected chi connectivity index (χ4v) is 10.7. The van der Waals surface area contributed by atoms with Gasteiger partial charge >= 0.3 is 0 Å². The molecule has 0 amide bonds. The Balaban J connectivity index is 0.00000242. The van der Waals surface area contributed by atoms with Crippen molar-refractivity contribution in [3.63, 3.8) is 0 Å². The molecule has 2 nitrogen and oxygen atoms in total. The van der Waals surface area contributed by atoms with Gasteiger partial charge in [0.05, 0.1) is 12.3 Å². The molecule has 0 aliphatic rings. The lowest BCUT2D eigenvalue weighted by molar-refractivity contribution is 0.824. The maximum Gasteiger partial charge on any atom is 0.214 e. The Kier molecular flexibility index (Phi) is 6.92. The zero-order valence-corrected chi connectivity index (χ0v) is 15.8. The van der Waals surface area contributed by atoms with E-state index in [9.17, 15) is 0 Å². The third-order valence-corrected chi connectivity index (χ3v) is 9.46. The van der Waals surface area contributed by atoms with Crippen molar-refractivity contribution in [3.05, 3.63) is 71.8 Å². The highest BCUT2D eigenvalue weighted by atomic mass is 31.2. The van der Waals surface area contributed by atoms with Gasteiger partial charge in [-0.1, -0.05) is 60.7 Å². The molecule has 0 radical (unpaired) electrons. The summed E-state index contributed by atoms with van der Waals surface area (Å²) >= 11 is 0. The summed E-state index contributed by atoms with van der Waals surface area (Å²) in [4.78, 5) is 0. The number of rotatable bonds is 4. The maximum atomic E-state index is 5.35. The lowest BCUT2D eigenvalue weighted by Gasteiger charge is -2.07. The molecule has 0 aliphatic carbocycles. The van der Waals surface area contributed by atoms with Crippen LogP contribution in [0.1, 0.15) is 11.1 Å². The first-order valence-electron chi connectivity index (χ1n) is 7.35. The predicted octanol–water partition coefficient (Wildman–Crippen LogP) is 5.20. The van der Waals surface area contributed by atoms with Crippen LogP contribution in [0.4, 0.5) is 0 Å². The van der Waals surface area contributed by atoms with Gasteiger partial charge in [0.15, 0.2) is 0 Å². The lowest BCUT2D eigenvalue weighted by Crippen LogP contribution is -1.92. The van der Waals surface area contributed by atoms with Crippen LogP contribution in [-0.2, 0) is 12.3 Å². The van der Waals surface area contributed by atoms with Gasteiger partial charge in [0, 0.05) is 26.7 Å². The van der Waals surface area contributed by atoms with Gasteiger partial charge in [0.1, 0.15) is 0 Å².